The van der Waals surface area contributed by atoms with E-state index in [2.05, 4.69) is 0 Å². The molecule has 116 valence electrons. The smallest absolute Gasteiger partial charge is 0.166 e. The number of carbonyl (C=O) groups excluding carboxylic acids is 1. The van der Waals surface area contributed by atoms with Crippen molar-refractivity contribution in [2.24, 2.45) is 5.92 Å². The Morgan fingerprint density at radius 2 is 1.68 bits per heavy atom. The van der Waals surface area contributed by atoms with Crippen molar-refractivity contribution in [2.75, 3.05) is 0 Å². The van der Waals surface area contributed by atoms with E-state index in [1.807, 2.05) is 50.2 Å². The Bertz CT molecular complexity index is 666. The molecule has 0 amide bonds. The SMILES string of the molecule is CC(C)Oc1ccc(C(=O)C2CCCCC2)c2ccccc12. The second-order valence-corrected chi connectivity index (χ2v) is 6.52. The Hall–Kier alpha value is -1.83. The summed E-state index contributed by atoms with van der Waals surface area (Å²) in [5, 5.41) is 2.06. The highest BCUT2D eigenvalue weighted by molar-refractivity contribution is 6.10. The average molecular weight is 296 g/mol. The lowest BCUT2D eigenvalue weighted by Crippen LogP contribution is -2.18. The van der Waals surface area contributed by atoms with Crippen LogP contribution in [0.15, 0.2) is 36.4 Å². The van der Waals surface area contributed by atoms with Gasteiger partial charge >= 0.3 is 0 Å². The maximum absolute atomic E-state index is 12.9. The van der Waals surface area contributed by atoms with Crippen LogP contribution in [0.3, 0.4) is 0 Å². The molecule has 0 heterocycles. The fraction of sp³-hybridized carbons (Fsp3) is 0.450. The molecule has 0 spiro atoms. The number of fused-ring (bicyclic) bond motifs is 1. The molecule has 2 nitrogen and oxygen atoms in total. The van der Waals surface area contributed by atoms with Crippen LogP contribution in [-0.2, 0) is 0 Å². The highest BCUT2D eigenvalue weighted by atomic mass is 16.5. The van der Waals surface area contributed by atoms with E-state index in [-0.39, 0.29) is 12.0 Å². The molecule has 1 aliphatic carbocycles. The van der Waals surface area contributed by atoms with Crippen LogP contribution in [0.5, 0.6) is 5.75 Å². The highest BCUT2D eigenvalue weighted by Crippen LogP contribution is 2.33. The molecule has 0 bridgehead atoms. The molecule has 0 saturated heterocycles. The zero-order valence-electron chi connectivity index (χ0n) is 13.5. The molecule has 2 heteroatoms. The second kappa shape index (κ2) is 6.51. The van der Waals surface area contributed by atoms with E-state index in [0.717, 1.165) is 34.9 Å². The van der Waals surface area contributed by atoms with Crippen molar-refractivity contribution in [1.29, 1.82) is 0 Å². The van der Waals surface area contributed by atoms with E-state index in [9.17, 15) is 4.79 Å². The van der Waals surface area contributed by atoms with Gasteiger partial charge in [-0.05, 0) is 44.2 Å². The van der Waals surface area contributed by atoms with Gasteiger partial charge in [0.1, 0.15) is 5.75 Å². The predicted octanol–water partition coefficient (Wildman–Crippen LogP) is 5.39. The van der Waals surface area contributed by atoms with Crippen LogP contribution in [0.1, 0.15) is 56.3 Å². The number of rotatable bonds is 4. The van der Waals surface area contributed by atoms with Gasteiger partial charge in [0.15, 0.2) is 5.78 Å². The van der Waals surface area contributed by atoms with Crippen molar-refractivity contribution in [1.82, 2.24) is 0 Å². The van der Waals surface area contributed by atoms with E-state index >= 15 is 0 Å². The minimum Gasteiger partial charge on any atom is -0.490 e. The minimum atomic E-state index is 0.128. The van der Waals surface area contributed by atoms with Crippen molar-refractivity contribution in [3.05, 3.63) is 42.0 Å². The van der Waals surface area contributed by atoms with E-state index in [4.69, 9.17) is 4.74 Å². The van der Waals surface area contributed by atoms with Crippen molar-refractivity contribution in [2.45, 2.75) is 52.1 Å². The molecule has 2 aromatic carbocycles. The third-order valence-corrected chi connectivity index (χ3v) is 4.49. The number of ether oxygens (including phenoxy) is 1. The van der Waals surface area contributed by atoms with E-state index in [1.165, 1.54) is 19.3 Å². The number of carbonyl (C=O) groups is 1. The normalized spacial score (nSPS) is 16.1. The van der Waals surface area contributed by atoms with Crippen LogP contribution < -0.4 is 4.74 Å². The third-order valence-electron chi connectivity index (χ3n) is 4.49. The first-order chi connectivity index (χ1) is 10.7. The monoisotopic (exact) mass is 296 g/mol. The Morgan fingerprint density at radius 3 is 2.36 bits per heavy atom. The molecule has 22 heavy (non-hydrogen) atoms. The molecule has 0 atom stereocenters. The summed E-state index contributed by atoms with van der Waals surface area (Å²) >= 11 is 0. The van der Waals surface area contributed by atoms with Crippen LogP contribution in [0.2, 0.25) is 0 Å². The average Bonchev–Trinajstić information content (AvgIpc) is 2.55. The molecule has 0 N–H and O–H groups in total. The van der Waals surface area contributed by atoms with E-state index in [0.29, 0.717) is 5.78 Å². The van der Waals surface area contributed by atoms with Gasteiger partial charge in [-0.15, -0.1) is 0 Å². The molecular formula is C20H24O2. The second-order valence-electron chi connectivity index (χ2n) is 6.52. The Balaban J connectivity index is 2.01. The first-order valence-corrected chi connectivity index (χ1v) is 8.39. The van der Waals surface area contributed by atoms with E-state index in [1.54, 1.807) is 0 Å². The number of hydrogen-bond donors (Lipinski definition) is 0. The molecule has 3 rings (SSSR count). The van der Waals surface area contributed by atoms with Gasteiger partial charge in [0.2, 0.25) is 0 Å². The summed E-state index contributed by atoms with van der Waals surface area (Å²) in [5.74, 6) is 1.38. The predicted molar refractivity (Wildman–Crippen MR) is 90.6 cm³/mol. The van der Waals surface area contributed by atoms with Crippen LogP contribution in [0.25, 0.3) is 10.8 Å². The molecule has 1 saturated carbocycles. The van der Waals surface area contributed by atoms with Gasteiger partial charge < -0.3 is 4.74 Å². The molecule has 0 aliphatic heterocycles. The summed E-state index contributed by atoms with van der Waals surface area (Å²) < 4.78 is 5.90. The van der Waals surface area contributed by atoms with Crippen molar-refractivity contribution in [3.63, 3.8) is 0 Å². The summed E-state index contributed by atoms with van der Waals surface area (Å²) in [6, 6.07) is 12.0. The molecule has 2 aromatic rings. The molecule has 1 fully saturated rings. The van der Waals surface area contributed by atoms with Gasteiger partial charge in [-0.1, -0.05) is 43.5 Å². The summed E-state index contributed by atoms with van der Waals surface area (Å²) in [6.45, 7) is 4.05. The summed E-state index contributed by atoms with van der Waals surface area (Å²) in [7, 11) is 0. The highest BCUT2D eigenvalue weighted by Gasteiger charge is 2.24. The van der Waals surface area contributed by atoms with Gasteiger partial charge in [-0.2, -0.15) is 0 Å². The molecule has 1 aliphatic rings. The molecule has 0 radical (unpaired) electrons. The van der Waals surface area contributed by atoms with Gasteiger partial charge in [0.05, 0.1) is 6.10 Å². The molecular weight excluding hydrogens is 272 g/mol. The van der Waals surface area contributed by atoms with Crippen molar-refractivity contribution >= 4 is 16.6 Å². The number of hydrogen-bond acceptors (Lipinski definition) is 2. The topological polar surface area (TPSA) is 26.3 Å². The first kappa shape index (κ1) is 15.1. The first-order valence-electron chi connectivity index (χ1n) is 8.39. The molecule has 0 aromatic heterocycles. The Morgan fingerprint density at radius 1 is 1.00 bits per heavy atom. The van der Waals surface area contributed by atoms with Crippen LogP contribution >= 0.6 is 0 Å². The van der Waals surface area contributed by atoms with Gasteiger partial charge in [-0.25, -0.2) is 0 Å². The lowest BCUT2D eigenvalue weighted by molar-refractivity contribution is 0.0891. The van der Waals surface area contributed by atoms with Crippen molar-refractivity contribution in [3.8, 4) is 5.75 Å². The maximum Gasteiger partial charge on any atom is 0.166 e. The number of ketones is 1. The fourth-order valence-corrected chi connectivity index (χ4v) is 3.43. The fourth-order valence-electron chi connectivity index (χ4n) is 3.43. The van der Waals surface area contributed by atoms with Crippen molar-refractivity contribution < 1.29 is 9.53 Å². The van der Waals surface area contributed by atoms with Crippen LogP contribution in [0, 0.1) is 5.92 Å². The van der Waals surface area contributed by atoms with Gasteiger partial charge in [0.25, 0.3) is 0 Å². The Kier molecular flexibility index (Phi) is 4.47. The van der Waals surface area contributed by atoms with E-state index < -0.39 is 0 Å². The minimum absolute atomic E-state index is 0.128. The quantitative estimate of drug-likeness (QED) is 0.707. The number of Topliss-reactive ketones (excluding diaryl/α,β-unsaturated/α-hetero) is 1. The zero-order chi connectivity index (χ0) is 15.5. The zero-order valence-corrected chi connectivity index (χ0v) is 13.5. The summed E-state index contributed by atoms with van der Waals surface area (Å²) in [4.78, 5) is 12.9. The lowest BCUT2D eigenvalue weighted by Gasteiger charge is -2.21. The van der Waals surface area contributed by atoms with Gasteiger partial charge in [-0.3, -0.25) is 4.79 Å². The third kappa shape index (κ3) is 3.01. The number of benzene rings is 2. The summed E-state index contributed by atoms with van der Waals surface area (Å²) in [6.07, 6.45) is 5.84. The Labute approximate surface area is 132 Å². The van der Waals surface area contributed by atoms with Crippen LogP contribution in [0.4, 0.5) is 0 Å². The van der Waals surface area contributed by atoms with Gasteiger partial charge in [0, 0.05) is 16.9 Å². The standard InChI is InChI=1S/C20H24O2/c1-14(2)22-19-13-12-18(16-10-6-7-11-17(16)19)20(21)15-8-4-3-5-9-15/h6-7,10-15H,3-5,8-9H2,1-2H3. The lowest BCUT2D eigenvalue weighted by atomic mass is 9.83. The van der Waals surface area contributed by atoms with Crippen LogP contribution in [-0.4, -0.2) is 11.9 Å². The largest absolute Gasteiger partial charge is 0.490 e. The summed E-state index contributed by atoms with van der Waals surface area (Å²) in [5.41, 5.74) is 0.860. The molecule has 0 unspecified atom stereocenters. The maximum atomic E-state index is 12.9.